The van der Waals surface area contributed by atoms with Crippen molar-refractivity contribution in [2.75, 3.05) is 0 Å². The first kappa shape index (κ1) is 8.15. The van der Waals surface area contributed by atoms with Crippen LogP contribution in [0.15, 0.2) is 24.3 Å². The van der Waals surface area contributed by atoms with Crippen LogP contribution < -0.4 is 0 Å². The van der Waals surface area contributed by atoms with Crippen LogP contribution in [0.3, 0.4) is 0 Å². The molecule has 0 saturated heterocycles. The minimum absolute atomic E-state index is 0.801. The highest BCUT2D eigenvalue weighted by atomic mass is 16.1. The maximum atomic E-state index is 9.73. The fourth-order valence-corrected chi connectivity index (χ4v) is 0.511. The van der Waals surface area contributed by atoms with Crippen molar-refractivity contribution in [2.24, 2.45) is 0 Å². The summed E-state index contributed by atoms with van der Waals surface area (Å²) < 4.78 is 0. The molecule has 0 aliphatic carbocycles. The van der Waals surface area contributed by atoms with Gasteiger partial charge in [0.2, 0.25) is 0 Å². The van der Waals surface area contributed by atoms with Crippen LogP contribution in [-0.2, 0) is 4.79 Å². The lowest BCUT2D eigenvalue weighted by molar-refractivity contribution is -0.104. The maximum absolute atomic E-state index is 9.73. The van der Waals surface area contributed by atoms with E-state index >= 15 is 0 Å². The van der Waals surface area contributed by atoms with E-state index < -0.39 is 0 Å². The molecule has 0 aromatic heterocycles. The van der Waals surface area contributed by atoms with Gasteiger partial charge >= 0.3 is 0 Å². The SMILES string of the molecule is C/C=C\CC/C=C/C=O. The van der Waals surface area contributed by atoms with E-state index in [1.54, 1.807) is 0 Å². The van der Waals surface area contributed by atoms with Gasteiger partial charge in [-0.1, -0.05) is 18.2 Å². The molecule has 0 unspecified atom stereocenters. The van der Waals surface area contributed by atoms with Gasteiger partial charge in [0.15, 0.2) is 0 Å². The molecule has 0 aromatic rings. The molecule has 0 spiro atoms. The number of allylic oxidation sites excluding steroid dienone is 4. The molecule has 0 heterocycles. The molecule has 0 aromatic carbocycles. The minimum atomic E-state index is 0.801. The van der Waals surface area contributed by atoms with E-state index in [9.17, 15) is 4.79 Å². The van der Waals surface area contributed by atoms with Crippen molar-refractivity contribution >= 4 is 6.29 Å². The monoisotopic (exact) mass is 124 g/mol. The third-order valence-electron chi connectivity index (χ3n) is 0.950. The Labute approximate surface area is 56.1 Å². The van der Waals surface area contributed by atoms with Crippen molar-refractivity contribution in [3.05, 3.63) is 24.3 Å². The molecule has 1 heteroatoms. The van der Waals surface area contributed by atoms with E-state index in [2.05, 4.69) is 6.08 Å². The van der Waals surface area contributed by atoms with Crippen molar-refractivity contribution < 1.29 is 4.79 Å². The first-order valence-corrected chi connectivity index (χ1v) is 3.13. The van der Waals surface area contributed by atoms with Crippen LogP contribution in [0.5, 0.6) is 0 Å². The van der Waals surface area contributed by atoms with Crippen molar-refractivity contribution in [2.45, 2.75) is 19.8 Å². The van der Waals surface area contributed by atoms with Gasteiger partial charge in [-0.2, -0.15) is 0 Å². The fraction of sp³-hybridized carbons (Fsp3) is 0.375. The van der Waals surface area contributed by atoms with E-state index in [0.717, 1.165) is 19.1 Å². The summed E-state index contributed by atoms with van der Waals surface area (Å²) in [5, 5.41) is 0. The Hall–Kier alpha value is -0.850. The average molecular weight is 124 g/mol. The van der Waals surface area contributed by atoms with Crippen LogP contribution >= 0.6 is 0 Å². The van der Waals surface area contributed by atoms with E-state index in [1.165, 1.54) is 6.08 Å². The first-order chi connectivity index (χ1) is 4.41. The zero-order valence-corrected chi connectivity index (χ0v) is 5.71. The zero-order chi connectivity index (χ0) is 6.95. The molecule has 0 bridgehead atoms. The number of hydrogen-bond donors (Lipinski definition) is 0. The largest absolute Gasteiger partial charge is 0.299 e. The zero-order valence-electron chi connectivity index (χ0n) is 5.71. The molecule has 1 nitrogen and oxygen atoms in total. The van der Waals surface area contributed by atoms with Gasteiger partial charge in [-0.15, -0.1) is 0 Å². The Morgan fingerprint density at radius 2 is 1.89 bits per heavy atom. The van der Waals surface area contributed by atoms with Crippen molar-refractivity contribution in [3.63, 3.8) is 0 Å². The molecule has 9 heavy (non-hydrogen) atoms. The molecule has 0 saturated carbocycles. The fourth-order valence-electron chi connectivity index (χ4n) is 0.511. The third-order valence-corrected chi connectivity index (χ3v) is 0.950. The number of aldehydes is 1. The lowest BCUT2D eigenvalue weighted by Gasteiger charge is -1.81. The number of hydrogen-bond acceptors (Lipinski definition) is 1. The molecule has 0 radical (unpaired) electrons. The lowest BCUT2D eigenvalue weighted by atomic mass is 10.3. The molecule has 0 fully saturated rings. The predicted octanol–water partition coefficient (Wildman–Crippen LogP) is 2.10. The maximum Gasteiger partial charge on any atom is 0.142 e. The molecule has 0 atom stereocenters. The summed E-state index contributed by atoms with van der Waals surface area (Å²) in [6.45, 7) is 1.99. The number of carbonyl (C=O) groups is 1. The van der Waals surface area contributed by atoms with Gasteiger partial charge < -0.3 is 0 Å². The predicted molar refractivity (Wildman–Crippen MR) is 39.3 cm³/mol. The average Bonchev–Trinajstić information content (AvgIpc) is 1.89. The smallest absolute Gasteiger partial charge is 0.142 e. The topological polar surface area (TPSA) is 17.1 Å². The Morgan fingerprint density at radius 3 is 2.44 bits per heavy atom. The molecule has 50 valence electrons. The molecular weight excluding hydrogens is 112 g/mol. The van der Waals surface area contributed by atoms with Gasteiger partial charge in [-0.25, -0.2) is 0 Å². The molecule has 0 aliphatic heterocycles. The second-order valence-electron chi connectivity index (χ2n) is 1.71. The van der Waals surface area contributed by atoms with Crippen molar-refractivity contribution in [1.29, 1.82) is 0 Å². The van der Waals surface area contributed by atoms with Gasteiger partial charge in [-0.3, -0.25) is 4.79 Å². The standard InChI is InChI=1S/C8H12O/c1-2-3-4-5-6-7-8-9/h2-3,6-8H,4-5H2,1H3/b3-2-,7-6+. The molecule has 0 aliphatic rings. The molecular formula is C8H12O. The van der Waals surface area contributed by atoms with E-state index in [-0.39, 0.29) is 0 Å². The highest BCUT2D eigenvalue weighted by Gasteiger charge is 1.72. The van der Waals surface area contributed by atoms with Gasteiger partial charge in [0.05, 0.1) is 0 Å². The minimum Gasteiger partial charge on any atom is -0.299 e. The summed E-state index contributed by atoms with van der Waals surface area (Å²) in [5.74, 6) is 0. The van der Waals surface area contributed by atoms with E-state index in [4.69, 9.17) is 0 Å². The Balaban J connectivity index is 3.08. The summed E-state index contributed by atoms with van der Waals surface area (Å²) in [6.07, 6.45) is 10.3. The summed E-state index contributed by atoms with van der Waals surface area (Å²) in [6, 6.07) is 0. The third kappa shape index (κ3) is 7.15. The first-order valence-electron chi connectivity index (χ1n) is 3.13. The number of carbonyl (C=O) groups excluding carboxylic acids is 1. The van der Waals surface area contributed by atoms with Crippen LogP contribution in [0.1, 0.15) is 19.8 Å². The van der Waals surface area contributed by atoms with E-state index in [0.29, 0.717) is 0 Å². The highest BCUT2D eigenvalue weighted by Crippen LogP contribution is 1.90. The van der Waals surface area contributed by atoms with Gasteiger partial charge in [0.1, 0.15) is 6.29 Å². The second kappa shape index (κ2) is 7.15. The molecule has 0 amide bonds. The Bertz CT molecular complexity index is 112. The quantitative estimate of drug-likeness (QED) is 0.243. The Kier molecular flexibility index (Phi) is 6.47. The van der Waals surface area contributed by atoms with Crippen LogP contribution in [-0.4, -0.2) is 6.29 Å². The van der Waals surface area contributed by atoms with Crippen molar-refractivity contribution in [3.8, 4) is 0 Å². The van der Waals surface area contributed by atoms with Crippen LogP contribution in [0, 0.1) is 0 Å². The van der Waals surface area contributed by atoms with Crippen LogP contribution in [0.2, 0.25) is 0 Å². The van der Waals surface area contributed by atoms with Gasteiger partial charge in [0.25, 0.3) is 0 Å². The van der Waals surface area contributed by atoms with Crippen molar-refractivity contribution in [1.82, 2.24) is 0 Å². The molecule has 0 rings (SSSR count). The summed E-state index contributed by atoms with van der Waals surface area (Å²) in [7, 11) is 0. The summed E-state index contributed by atoms with van der Waals surface area (Å²) in [4.78, 5) is 9.73. The van der Waals surface area contributed by atoms with Crippen LogP contribution in [0.25, 0.3) is 0 Å². The summed E-state index contributed by atoms with van der Waals surface area (Å²) >= 11 is 0. The normalized spacial score (nSPS) is 11.2. The lowest BCUT2D eigenvalue weighted by Crippen LogP contribution is -1.64. The van der Waals surface area contributed by atoms with Gasteiger partial charge in [-0.05, 0) is 25.8 Å². The molecule has 0 N–H and O–H groups in total. The number of unbranched alkanes of at least 4 members (excludes halogenated alkanes) is 1. The van der Waals surface area contributed by atoms with E-state index in [1.807, 2.05) is 19.1 Å². The summed E-state index contributed by atoms with van der Waals surface area (Å²) in [5.41, 5.74) is 0. The van der Waals surface area contributed by atoms with Crippen LogP contribution in [0.4, 0.5) is 0 Å². The Morgan fingerprint density at radius 1 is 1.22 bits per heavy atom. The highest BCUT2D eigenvalue weighted by molar-refractivity contribution is 5.64. The van der Waals surface area contributed by atoms with Gasteiger partial charge in [0, 0.05) is 0 Å². The number of rotatable bonds is 4. The second-order valence-corrected chi connectivity index (χ2v) is 1.71.